The predicted octanol–water partition coefficient (Wildman–Crippen LogP) is 4.97. The second-order valence-electron chi connectivity index (χ2n) is 6.45. The van der Waals surface area contributed by atoms with E-state index in [1.807, 2.05) is 12.1 Å². The van der Waals surface area contributed by atoms with Gasteiger partial charge in [0.15, 0.2) is 6.23 Å². The Bertz CT molecular complexity index is 757. The molecule has 0 amide bonds. The van der Waals surface area contributed by atoms with Gasteiger partial charge in [0.2, 0.25) is 0 Å². The van der Waals surface area contributed by atoms with E-state index < -0.39 is 0 Å². The van der Waals surface area contributed by atoms with Crippen molar-refractivity contribution in [3.8, 4) is 5.75 Å². The van der Waals surface area contributed by atoms with Crippen LogP contribution in [0.2, 0.25) is 0 Å². The molecule has 0 fully saturated rings. The average Bonchev–Trinajstić information content (AvgIpc) is 3.00. The minimum absolute atomic E-state index is 0.0186. The molecule has 2 atom stereocenters. The third-order valence-corrected chi connectivity index (χ3v) is 4.95. The van der Waals surface area contributed by atoms with Gasteiger partial charge in [0.1, 0.15) is 5.75 Å². The number of fused-ring (bicyclic) bond motifs is 3. The minimum Gasteiger partial charge on any atom is -0.468 e. The van der Waals surface area contributed by atoms with Crippen molar-refractivity contribution >= 4 is 21.6 Å². The molecule has 2 heterocycles. The van der Waals surface area contributed by atoms with Crippen LogP contribution in [0.4, 0.5) is 0 Å². The maximum absolute atomic E-state index is 6.24. The summed E-state index contributed by atoms with van der Waals surface area (Å²) in [4.78, 5) is 0. The molecule has 0 bridgehead atoms. The fourth-order valence-corrected chi connectivity index (χ4v) is 3.71. The van der Waals surface area contributed by atoms with Gasteiger partial charge in [-0.05, 0) is 23.8 Å². The molecule has 2 aromatic rings. The lowest BCUT2D eigenvalue weighted by atomic mass is 9.95. The molecule has 0 spiro atoms. The number of rotatable bonds is 2. The fraction of sp³-hybridized carbons (Fsp3) is 0.316. The van der Waals surface area contributed by atoms with E-state index in [0.717, 1.165) is 22.4 Å². The Hall–Kier alpha value is -1.81. The molecule has 0 aromatic heterocycles. The molecule has 4 heteroatoms. The maximum Gasteiger partial charge on any atom is 0.190 e. The lowest BCUT2D eigenvalue weighted by Crippen LogP contribution is -2.43. The van der Waals surface area contributed by atoms with Crippen LogP contribution >= 0.6 is 15.9 Å². The fourth-order valence-electron chi connectivity index (χ4n) is 3.33. The Balaban J connectivity index is 1.77. The van der Waals surface area contributed by atoms with Gasteiger partial charge < -0.3 is 4.74 Å². The van der Waals surface area contributed by atoms with Crippen LogP contribution in [0, 0.1) is 5.92 Å². The summed E-state index contributed by atoms with van der Waals surface area (Å²) in [6, 6.07) is 16.9. The van der Waals surface area contributed by atoms with Crippen molar-refractivity contribution in [2.24, 2.45) is 11.0 Å². The zero-order valence-electron chi connectivity index (χ0n) is 13.2. The first-order valence-corrected chi connectivity index (χ1v) is 8.80. The van der Waals surface area contributed by atoms with Crippen molar-refractivity contribution in [2.45, 2.75) is 32.5 Å². The molecule has 0 N–H and O–H groups in total. The Morgan fingerprint density at radius 1 is 1.17 bits per heavy atom. The number of hydrazone groups is 1. The van der Waals surface area contributed by atoms with E-state index in [2.05, 4.69) is 71.2 Å². The van der Waals surface area contributed by atoms with E-state index in [0.29, 0.717) is 5.92 Å². The van der Waals surface area contributed by atoms with Gasteiger partial charge in [-0.2, -0.15) is 5.10 Å². The van der Waals surface area contributed by atoms with Crippen LogP contribution in [0.1, 0.15) is 37.4 Å². The van der Waals surface area contributed by atoms with Gasteiger partial charge in [-0.1, -0.05) is 60.1 Å². The van der Waals surface area contributed by atoms with Crippen molar-refractivity contribution in [2.75, 3.05) is 0 Å². The second-order valence-corrected chi connectivity index (χ2v) is 7.36. The Morgan fingerprint density at radius 3 is 2.70 bits per heavy atom. The highest BCUT2D eigenvalue weighted by Gasteiger charge is 2.41. The van der Waals surface area contributed by atoms with Crippen LogP contribution in [0.15, 0.2) is 58.1 Å². The summed E-state index contributed by atoms with van der Waals surface area (Å²) >= 11 is 3.58. The molecule has 0 saturated heterocycles. The van der Waals surface area contributed by atoms with E-state index in [-0.39, 0.29) is 12.3 Å². The highest BCUT2D eigenvalue weighted by Crippen LogP contribution is 2.45. The van der Waals surface area contributed by atoms with Gasteiger partial charge in [-0.25, -0.2) is 5.01 Å². The summed E-state index contributed by atoms with van der Waals surface area (Å²) in [6.45, 7) is 4.36. The first-order chi connectivity index (χ1) is 11.1. The van der Waals surface area contributed by atoms with Crippen molar-refractivity contribution in [1.82, 2.24) is 5.01 Å². The summed E-state index contributed by atoms with van der Waals surface area (Å²) in [5, 5.41) is 7.08. The van der Waals surface area contributed by atoms with Crippen molar-refractivity contribution < 1.29 is 4.74 Å². The van der Waals surface area contributed by atoms with Crippen molar-refractivity contribution in [3.63, 3.8) is 0 Å². The monoisotopic (exact) mass is 370 g/mol. The maximum atomic E-state index is 6.24. The zero-order chi connectivity index (χ0) is 16.0. The van der Waals surface area contributed by atoms with E-state index in [1.54, 1.807) is 0 Å². The molecule has 0 unspecified atom stereocenters. The number of hydrogen-bond acceptors (Lipinski definition) is 3. The largest absolute Gasteiger partial charge is 0.468 e. The third-order valence-electron chi connectivity index (χ3n) is 4.46. The second kappa shape index (κ2) is 5.68. The number of benzene rings is 2. The lowest BCUT2D eigenvalue weighted by molar-refractivity contribution is -0.0461. The summed E-state index contributed by atoms with van der Waals surface area (Å²) in [7, 11) is 0. The molecule has 2 aliphatic heterocycles. The Kier molecular flexibility index (Phi) is 3.64. The number of nitrogens with zero attached hydrogens (tertiary/aromatic N) is 2. The minimum atomic E-state index is -0.0186. The summed E-state index contributed by atoms with van der Waals surface area (Å²) in [5.41, 5.74) is 3.55. The third kappa shape index (κ3) is 2.55. The van der Waals surface area contributed by atoms with Crippen molar-refractivity contribution in [1.29, 1.82) is 0 Å². The van der Waals surface area contributed by atoms with E-state index in [9.17, 15) is 0 Å². The summed E-state index contributed by atoms with van der Waals surface area (Å²) in [6.07, 6.45) is 0.898. The van der Waals surface area contributed by atoms with Crippen LogP contribution in [0.3, 0.4) is 0 Å². The van der Waals surface area contributed by atoms with E-state index >= 15 is 0 Å². The van der Waals surface area contributed by atoms with Crippen LogP contribution in [0.25, 0.3) is 0 Å². The lowest BCUT2D eigenvalue weighted by Gasteiger charge is -2.40. The molecule has 0 radical (unpaired) electrons. The smallest absolute Gasteiger partial charge is 0.190 e. The SMILES string of the molecule is CC(C)[C@@H]1Oc2ccc(Br)cc2[C@H]2CC(c3ccccc3)=NN21. The summed E-state index contributed by atoms with van der Waals surface area (Å²) < 4.78 is 7.32. The van der Waals surface area contributed by atoms with Gasteiger partial charge in [0.25, 0.3) is 0 Å². The molecule has 118 valence electrons. The predicted molar refractivity (Wildman–Crippen MR) is 95.6 cm³/mol. The summed E-state index contributed by atoms with van der Waals surface area (Å²) in [5.74, 6) is 1.35. The quantitative estimate of drug-likeness (QED) is 0.744. The topological polar surface area (TPSA) is 24.8 Å². The highest BCUT2D eigenvalue weighted by atomic mass is 79.9. The van der Waals surface area contributed by atoms with Crippen molar-refractivity contribution in [3.05, 3.63) is 64.1 Å². The molecule has 0 aliphatic carbocycles. The number of ether oxygens (including phenoxy) is 1. The van der Waals surface area contributed by atoms with Crippen LogP contribution in [-0.2, 0) is 0 Å². The standard InChI is InChI=1S/C19H19BrN2O/c1-12(2)19-22-17(15-10-14(20)8-9-18(15)23-19)11-16(21-22)13-6-4-3-5-7-13/h3-10,12,17,19H,11H2,1-2H3/t17-,19+/m1/s1. The van der Waals surface area contributed by atoms with Gasteiger partial charge in [-0.15, -0.1) is 0 Å². The molecule has 2 aromatic carbocycles. The number of halogens is 1. The normalized spacial score (nSPS) is 22.4. The molecule has 0 saturated carbocycles. The average molecular weight is 371 g/mol. The molecule has 4 rings (SSSR count). The molecule has 23 heavy (non-hydrogen) atoms. The van der Waals surface area contributed by atoms with Crippen LogP contribution in [-0.4, -0.2) is 16.9 Å². The highest BCUT2D eigenvalue weighted by molar-refractivity contribution is 9.10. The Morgan fingerprint density at radius 2 is 1.96 bits per heavy atom. The Labute approximate surface area is 145 Å². The molecule has 3 nitrogen and oxygen atoms in total. The van der Waals surface area contributed by atoms with Gasteiger partial charge in [-0.3, -0.25) is 0 Å². The van der Waals surface area contributed by atoms with Crippen LogP contribution < -0.4 is 4.74 Å². The first kappa shape index (κ1) is 14.8. The van der Waals surface area contributed by atoms with E-state index in [4.69, 9.17) is 9.84 Å². The zero-order valence-corrected chi connectivity index (χ0v) is 14.8. The van der Waals surface area contributed by atoms with Gasteiger partial charge in [0, 0.05) is 22.4 Å². The molecule has 2 aliphatic rings. The first-order valence-electron chi connectivity index (χ1n) is 8.01. The number of hydrogen-bond donors (Lipinski definition) is 0. The molecular formula is C19H19BrN2O. The van der Waals surface area contributed by atoms with E-state index in [1.165, 1.54) is 11.1 Å². The van der Waals surface area contributed by atoms with Gasteiger partial charge in [0.05, 0.1) is 11.8 Å². The van der Waals surface area contributed by atoms with Gasteiger partial charge >= 0.3 is 0 Å². The van der Waals surface area contributed by atoms with Crippen LogP contribution in [0.5, 0.6) is 5.75 Å². The molecular weight excluding hydrogens is 352 g/mol.